The first kappa shape index (κ1) is 23.1. The topological polar surface area (TPSA) is 68.2 Å². The molecule has 0 aromatic heterocycles. The van der Waals surface area contributed by atoms with Crippen LogP contribution in [0.3, 0.4) is 0 Å². The monoisotopic (exact) mass is 308 g/mol. The Morgan fingerprint density at radius 2 is 1.48 bits per heavy atom. The summed E-state index contributed by atoms with van der Waals surface area (Å²) >= 11 is 0. The van der Waals surface area contributed by atoms with Gasteiger partial charge in [0.2, 0.25) is 0 Å². The zero-order valence-corrected chi connectivity index (χ0v) is 14.7. The van der Waals surface area contributed by atoms with Gasteiger partial charge in [0.25, 0.3) is 0 Å². The summed E-state index contributed by atoms with van der Waals surface area (Å²) in [5.41, 5.74) is 0. The van der Waals surface area contributed by atoms with Crippen molar-refractivity contribution < 1.29 is 24.4 Å². The third-order valence-electron chi connectivity index (χ3n) is 2.54. The van der Waals surface area contributed by atoms with Crippen molar-refractivity contribution in [3.63, 3.8) is 0 Å². The summed E-state index contributed by atoms with van der Waals surface area (Å²) in [7, 11) is 0. The number of ether oxygens (including phenoxy) is 3. The van der Waals surface area contributed by atoms with Gasteiger partial charge in [0.05, 0.1) is 38.1 Å². The van der Waals surface area contributed by atoms with Crippen molar-refractivity contribution in [1.29, 1.82) is 0 Å². The lowest BCUT2D eigenvalue weighted by molar-refractivity contribution is -0.0620. The summed E-state index contributed by atoms with van der Waals surface area (Å²) in [5.74, 6) is 0.779. The quantitative estimate of drug-likeness (QED) is 0.573. The van der Waals surface area contributed by atoms with Gasteiger partial charge >= 0.3 is 0 Å². The highest BCUT2D eigenvalue weighted by molar-refractivity contribution is 4.52. The summed E-state index contributed by atoms with van der Waals surface area (Å²) in [6.45, 7) is 14.3. The average Bonchev–Trinajstić information content (AvgIpc) is 2.43. The van der Waals surface area contributed by atoms with Crippen LogP contribution in [0, 0.1) is 5.92 Å². The van der Waals surface area contributed by atoms with Gasteiger partial charge in [0, 0.05) is 13.2 Å². The van der Waals surface area contributed by atoms with E-state index < -0.39 is 6.10 Å². The Balaban J connectivity index is 0. The number of hydrogen-bond acceptors (Lipinski definition) is 5. The highest BCUT2D eigenvalue weighted by atomic mass is 16.5. The minimum atomic E-state index is -0.447. The zero-order chi connectivity index (χ0) is 16.7. The molecule has 2 N–H and O–H groups in total. The van der Waals surface area contributed by atoms with Crippen molar-refractivity contribution in [2.45, 2.75) is 66.3 Å². The molecular formula is C16H36O5. The molecule has 3 unspecified atom stereocenters. The molecule has 5 heteroatoms. The normalized spacial score (nSPS) is 15.3. The van der Waals surface area contributed by atoms with Gasteiger partial charge in [-0.3, -0.25) is 0 Å². The Morgan fingerprint density at radius 1 is 0.905 bits per heavy atom. The van der Waals surface area contributed by atoms with E-state index in [0.717, 1.165) is 19.1 Å². The standard InChI is InChI=1S/C9H20O4.C7H16O/c1-7(11)5-12-9(3)6-13-8(2)4-10;1-4-8-6-5-7(2)3/h7-11H,4-6H2,1-3H3;7H,4-6H2,1-3H3. The van der Waals surface area contributed by atoms with Crippen LogP contribution in [0.2, 0.25) is 0 Å². The molecule has 3 atom stereocenters. The maximum Gasteiger partial charge on any atom is 0.0781 e. The van der Waals surface area contributed by atoms with Gasteiger partial charge in [-0.2, -0.15) is 0 Å². The molecular weight excluding hydrogens is 272 g/mol. The van der Waals surface area contributed by atoms with Crippen LogP contribution in [0.4, 0.5) is 0 Å². The second-order valence-electron chi connectivity index (χ2n) is 5.70. The van der Waals surface area contributed by atoms with Gasteiger partial charge in [0.15, 0.2) is 0 Å². The minimum Gasteiger partial charge on any atom is -0.394 e. The second kappa shape index (κ2) is 16.2. The lowest BCUT2D eigenvalue weighted by atomic mass is 10.1. The fourth-order valence-corrected chi connectivity index (χ4v) is 1.17. The summed E-state index contributed by atoms with van der Waals surface area (Å²) < 4.78 is 15.6. The van der Waals surface area contributed by atoms with E-state index in [4.69, 9.17) is 24.4 Å². The Bertz CT molecular complexity index is 197. The van der Waals surface area contributed by atoms with E-state index in [9.17, 15) is 0 Å². The van der Waals surface area contributed by atoms with Crippen molar-refractivity contribution >= 4 is 0 Å². The van der Waals surface area contributed by atoms with Crippen molar-refractivity contribution in [2.75, 3.05) is 33.0 Å². The largest absolute Gasteiger partial charge is 0.394 e. The van der Waals surface area contributed by atoms with Crippen LogP contribution < -0.4 is 0 Å². The molecule has 0 saturated heterocycles. The van der Waals surface area contributed by atoms with Crippen LogP contribution in [0.5, 0.6) is 0 Å². The fourth-order valence-electron chi connectivity index (χ4n) is 1.17. The van der Waals surface area contributed by atoms with Crippen molar-refractivity contribution in [3.8, 4) is 0 Å². The zero-order valence-electron chi connectivity index (χ0n) is 14.7. The van der Waals surface area contributed by atoms with Crippen LogP contribution in [-0.2, 0) is 14.2 Å². The van der Waals surface area contributed by atoms with E-state index in [0.29, 0.717) is 13.2 Å². The number of rotatable bonds is 11. The molecule has 0 heterocycles. The molecule has 130 valence electrons. The molecule has 0 aliphatic heterocycles. The van der Waals surface area contributed by atoms with E-state index in [1.165, 1.54) is 6.42 Å². The van der Waals surface area contributed by atoms with Gasteiger partial charge < -0.3 is 24.4 Å². The summed E-state index contributed by atoms with van der Waals surface area (Å²) in [4.78, 5) is 0. The SMILES string of the molecule is CC(O)COC(C)COC(C)CO.CCOCCC(C)C. The molecule has 0 aliphatic carbocycles. The lowest BCUT2D eigenvalue weighted by Gasteiger charge is -2.16. The molecule has 0 amide bonds. The molecule has 0 aromatic rings. The molecule has 0 saturated carbocycles. The predicted octanol–water partition coefficient (Wildman–Crippen LogP) is 2.24. The third-order valence-corrected chi connectivity index (χ3v) is 2.54. The van der Waals surface area contributed by atoms with Gasteiger partial charge in [-0.15, -0.1) is 0 Å². The first-order valence-corrected chi connectivity index (χ1v) is 7.93. The van der Waals surface area contributed by atoms with Crippen LogP contribution in [0.15, 0.2) is 0 Å². The average molecular weight is 308 g/mol. The first-order valence-electron chi connectivity index (χ1n) is 7.93. The Morgan fingerprint density at radius 3 is 1.90 bits per heavy atom. The number of aliphatic hydroxyl groups is 2. The van der Waals surface area contributed by atoms with E-state index in [2.05, 4.69) is 13.8 Å². The Labute approximate surface area is 130 Å². The molecule has 0 aliphatic rings. The van der Waals surface area contributed by atoms with Gasteiger partial charge in [-0.25, -0.2) is 0 Å². The predicted molar refractivity (Wildman–Crippen MR) is 85.5 cm³/mol. The van der Waals surface area contributed by atoms with Crippen molar-refractivity contribution in [2.24, 2.45) is 5.92 Å². The van der Waals surface area contributed by atoms with Crippen LogP contribution in [0.1, 0.15) is 48.0 Å². The van der Waals surface area contributed by atoms with Crippen molar-refractivity contribution in [3.05, 3.63) is 0 Å². The van der Waals surface area contributed by atoms with Crippen LogP contribution >= 0.6 is 0 Å². The number of aliphatic hydroxyl groups excluding tert-OH is 2. The van der Waals surface area contributed by atoms with Gasteiger partial charge in [-0.1, -0.05) is 13.8 Å². The van der Waals surface area contributed by atoms with E-state index >= 15 is 0 Å². The third kappa shape index (κ3) is 22.2. The Kier molecular flexibility index (Phi) is 17.8. The Hall–Kier alpha value is -0.200. The van der Waals surface area contributed by atoms with Crippen LogP contribution in [-0.4, -0.2) is 61.6 Å². The number of hydrogen-bond donors (Lipinski definition) is 2. The molecule has 5 nitrogen and oxygen atoms in total. The van der Waals surface area contributed by atoms with Gasteiger partial charge in [-0.05, 0) is 40.0 Å². The van der Waals surface area contributed by atoms with E-state index in [-0.39, 0.29) is 18.8 Å². The highest BCUT2D eigenvalue weighted by Gasteiger charge is 2.07. The molecule has 0 spiro atoms. The summed E-state index contributed by atoms with van der Waals surface area (Å²) in [5, 5.41) is 17.6. The highest BCUT2D eigenvalue weighted by Crippen LogP contribution is 1.98. The smallest absolute Gasteiger partial charge is 0.0781 e. The van der Waals surface area contributed by atoms with E-state index in [1.54, 1.807) is 13.8 Å². The molecule has 0 fully saturated rings. The molecule has 0 rings (SSSR count). The fraction of sp³-hybridized carbons (Fsp3) is 1.00. The molecule has 0 radical (unpaired) electrons. The second-order valence-corrected chi connectivity index (χ2v) is 5.70. The van der Waals surface area contributed by atoms with Crippen molar-refractivity contribution in [1.82, 2.24) is 0 Å². The minimum absolute atomic E-state index is 0.0170. The lowest BCUT2D eigenvalue weighted by Crippen LogP contribution is -2.24. The molecule has 0 aromatic carbocycles. The molecule has 21 heavy (non-hydrogen) atoms. The summed E-state index contributed by atoms with van der Waals surface area (Å²) in [6, 6.07) is 0. The first-order chi connectivity index (χ1) is 9.83. The van der Waals surface area contributed by atoms with Gasteiger partial charge in [0.1, 0.15) is 0 Å². The maximum atomic E-state index is 8.92. The maximum absolute atomic E-state index is 8.92. The molecule has 0 bridgehead atoms. The van der Waals surface area contributed by atoms with Crippen LogP contribution in [0.25, 0.3) is 0 Å². The summed E-state index contributed by atoms with van der Waals surface area (Å²) in [6.07, 6.45) is 0.535. The van der Waals surface area contributed by atoms with E-state index in [1.807, 2.05) is 13.8 Å².